The van der Waals surface area contributed by atoms with Gasteiger partial charge in [0.05, 0.1) is 4.88 Å². The molecule has 1 fully saturated rings. The van der Waals surface area contributed by atoms with Gasteiger partial charge in [-0.15, -0.1) is 11.3 Å². The number of hydrogen-bond donors (Lipinski definition) is 1. The second-order valence-electron chi connectivity index (χ2n) is 5.65. The van der Waals surface area contributed by atoms with Gasteiger partial charge in [0.1, 0.15) is 19.5 Å². The van der Waals surface area contributed by atoms with Gasteiger partial charge < -0.3 is 19.7 Å². The maximum atomic E-state index is 12.3. The lowest BCUT2D eigenvalue weighted by atomic mass is 10.0. The number of nitrogens with zero attached hydrogens (tertiary/aromatic N) is 1. The average Bonchev–Trinajstić information content (AvgIpc) is 3.02. The maximum absolute atomic E-state index is 12.3. The molecule has 23 heavy (non-hydrogen) atoms. The number of thiophene rings is 1. The molecule has 3 heterocycles. The lowest BCUT2D eigenvalue weighted by Crippen LogP contribution is -2.47. The summed E-state index contributed by atoms with van der Waals surface area (Å²) in [5.74, 6) is 0.107. The van der Waals surface area contributed by atoms with Gasteiger partial charge >= 0.3 is 0 Å². The first-order chi connectivity index (χ1) is 11.1. The molecule has 0 bridgehead atoms. The van der Waals surface area contributed by atoms with Crippen molar-refractivity contribution in [1.29, 1.82) is 0 Å². The van der Waals surface area contributed by atoms with Crippen LogP contribution < -0.4 is 5.32 Å². The summed E-state index contributed by atoms with van der Waals surface area (Å²) in [7, 11) is 0. The summed E-state index contributed by atoms with van der Waals surface area (Å²) >= 11 is 1.49. The van der Waals surface area contributed by atoms with Crippen LogP contribution in [0.3, 0.4) is 0 Å². The van der Waals surface area contributed by atoms with Crippen molar-refractivity contribution in [2.24, 2.45) is 0 Å². The van der Waals surface area contributed by atoms with Crippen molar-refractivity contribution >= 4 is 23.2 Å². The normalized spacial score (nSPS) is 18.7. The Morgan fingerprint density at radius 3 is 2.65 bits per heavy atom. The third-order valence-corrected chi connectivity index (χ3v) is 4.94. The minimum atomic E-state index is -0.136. The SMILES string of the molecule is Cc1ccc(C(=O)NC2CCN(C(=O)C3=COCCO3)CC2)s1. The smallest absolute Gasteiger partial charge is 0.292 e. The molecule has 2 aliphatic rings. The summed E-state index contributed by atoms with van der Waals surface area (Å²) < 4.78 is 10.4. The lowest BCUT2D eigenvalue weighted by molar-refractivity contribution is -0.133. The van der Waals surface area contributed by atoms with Crippen molar-refractivity contribution in [1.82, 2.24) is 10.2 Å². The van der Waals surface area contributed by atoms with E-state index in [2.05, 4.69) is 5.32 Å². The van der Waals surface area contributed by atoms with E-state index in [9.17, 15) is 9.59 Å². The van der Waals surface area contributed by atoms with Crippen LogP contribution in [-0.4, -0.2) is 49.1 Å². The number of nitrogens with one attached hydrogen (secondary N) is 1. The maximum Gasteiger partial charge on any atom is 0.292 e. The van der Waals surface area contributed by atoms with Crippen LogP contribution in [0, 0.1) is 6.92 Å². The fourth-order valence-electron chi connectivity index (χ4n) is 2.68. The van der Waals surface area contributed by atoms with Crippen LogP contribution >= 0.6 is 11.3 Å². The van der Waals surface area contributed by atoms with Crippen molar-refractivity contribution in [3.05, 3.63) is 33.9 Å². The van der Waals surface area contributed by atoms with Crippen LogP contribution in [0.5, 0.6) is 0 Å². The van der Waals surface area contributed by atoms with Crippen molar-refractivity contribution in [2.75, 3.05) is 26.3 Å². The molecule has 0 unspecified atom stereocenters. The molecular weight excluding hydrogens is 316 g/mol. The molecule has 0 atom stereocenters. The quantitative estimate of drug-likeness (QED) is 0.912. The van der Waals surface area contributed by atoms with Crippen LogP contribution in [0.4, 0.5) is 0 Å². The third-order valence-electron chi connectivity index (χ3n) is 3.94. The number of hydrogen-bond acceptors (Lipinski definition) is 5. The molecule has 6 nitrogen and oxygen atoms in total. The Balaban J connectivity index is 1.49. The van der Waals surface area contributed by atoms with Gasteiger partial charge in [-0.2, -0.15) is 0 Å². The largest absolute Gasteiger partial charge is 0.494 e. The number of amides is 2. The molecule has 0 aromatic carbocycles. The van der Waals surface area contributed by atoms with E-state index < -0.39 is 0 Å². The molecule has 3 rings (SSSR count). The van der Waals surface area contributed by atoms with E-state index in [1.165, 1.54) is 17.6 Å². The Hall–Kier alpha value is -2.02. The predicted molar refractivity (Wildman–Crippen MR) is 86.1 cm³/mol. The molecule has 2 amide bonds. The highest BCUT2D eigenvalue weighted by Crippen LogP contribution is 2.18. The molecule has 1 saturated heterocycles. The number of carbonyl (C=O) groups is 2. The third kappa shape index (κ3) is 3.85. The van der Waals surface area contributed by atoms with Gasteiger partial charge in [0.2, 0.25) is 5.76 Å². The zero-order valence-electron chi connectivity index (χ0n) is 13.0. The number of ether oxygens (including phenoxy) is 2. The highest BCUT2D eigenvalue weighted by Gasteiger charge is 2.28. The van der Waals surface area contributed by atoms with Crippen LogP contribution in [0.15, 0.2) is 24.2 Å². The number of rotatable bonds is 3. The minimum absolute atomic E-state index is 0.0281. The molecule has 1 aromatic rings. The van der Waals surface area contributed by atoms with Gasteiger partial charge in [-0.1, -0.05) is 0 Å². The van der Waals surface area contributed by atoms with Crippen molar-refractivity contribution in [3.8, 4) is 0 Å². The monoisotopic (exact) mass is 336 g/mol. The standard InChI is InChI=1S/C16H20N2O4S/c1-11-2-3-14(23-11)15(19)17-12-4-6-18(7-5-12)16(20)13-10-21-8-9-22-13/h2-3,10,12H,4-9H2,1H3,(H,17,19). The zero-order valence-corrected chi connectivity index (χ0v) is 13.9. The van der Waals surface area contributed by atoms with E-state index in [0.717, 1.165) is 22.6 Å². The van der Waals surface area contributed by atoms with Crippen LogP contribution in [0.25, 0.3) is 0 Å². The fraction of sp³-hybridized carbons (Fsp3) is 0.500. The lowest BCUT2D eigenvalue weighted by Gasteiger charge is -2.33. The Morgan fingerprint density at radius 2 is 2.04 bits per heavy atom. The van der Waals surface area contributed by atoms with E-state index >= 15 is 0 Å². The second-order valence-corrected chi connectivity index (χ2v) is 6.94. The van der Waals surface area contributed by atoms with Gasteiger partial charge in [-0.05, 0) is 31.9 Å². The summed E-state index contributed by atoms with van der Waals surface area (Å²) in [5.41, 5.74) is 0. The number of piperidine rings is 1. The van der Waals surface area contributed by atoms with Gasteiger partial charge in [-0.3, -0.25) is 9.59 Å². The van der Waals surface area contributed by atoms with E-state index in [-0.39, 0.29) is 23.6 Å². The Kier molecular flexibility index (Phi) is 4.85. The Morgan fingerprint density at radius 1 is 1.26 bits per heavy atom. The summed E-state index contributed by atoms with van der Waals surface area (Å²) in [6, 6.07) is 3.90. The van der Waals surface area contributed by atoms with Crippen LogP contribution in [0.2, 0.25) is 0 Å². The topological polar surface area (TPSA) is 67.9 Å². The van der Waals surface area contributed by atoms with Gasteiger partial charge in [-0.25, -0.2) is 0 Å². The molecule has 0 saturated carbocycles. The van der Waals surface area contributed by atoms with Crippen molar-refractivity contribution in [3.63, 3.8) is 0 Å². The summed E-state index contributed by atoms with van der Waals surface area (Å²) in [6.45, 7) is 4.08. The number of likely N-dealkylation sites (tertiary alicyclic amines) is 1. The minimum Gasteiger partial charge on any atom is -0.494 e. The first-order valence-electron chi connectivity index (χ1n) is 7.74. The number of aryl methyl sites for hydroxylation is 1. The first-order valence-corrected chi connectivity index (χ1v) is 8.56. The van der Waals surface area contributed by atoms with E-state index in [4.69, 9.17) is 9.47 Å². The van der Waals surface area contributed by atoms with Crippen molar-refractivity contribution in [2.45, 2.75) is 25.8 Å². The highest BCUT2D eigenvalue weighted by atomic mass is 32.1. The molecule has 7 heteroatoms. The average molecular weight is 336 g/mol. The second kappa shape index (κ2) is 7.04. The van der Waals surface area contributed by atoms with E-state index in [1.807, 2.05) is 19.1 Å². The first kappa shape index (κ1) is 15.9. The van der Waals surface area contributed by atoms with Crippen LogP contribution in [-0.2, 0) is 14.3 Å². The van der Waals surface area contributed by atoms with E-state index in [1.54, 1.807) is 4.90 Å². The highest BCUT2D eigenvalue weighted by molar-refractivity contribution is 7.13. The molecule has 0 spiro atoms. The molecule has 124 valence electrons. The molecule has 0 aliphatic carbocycles. The molecule has 1 aromatic heterocycles. The Labute approximate surface area is 139 Å². The Bertz CT molecular complexity index is 617. The summed E-state index contributed by atoms with van der Waals surface area (Å²) in [4.78, 5) is 28.0. The molecular formula is C16H20N2O4S. The van der Waals surface area contributed by atoms with Gasteiger partial charge in [0, 0.05) is 24.0 Å². The van der Waals surface area contributed by atoms with Crippen molar-refractivity contribution < 1.29 is 19.1 Å². The molecule has 0 radical (unpaired) electrons. The van der Waals surface area contributed by atoms with Gasteiger partial charge in [0.15, 0.2) is 0 Å². The van der Waals surface area contributed by atoms with Crippen LogP contribution in [0.1, 0.15) is 27.4 Å². The fourth-order valence-corrected chi connectivity index (χ4v) is 3.45. The zero-order chi connectivity index (χ0) is 16.2. The summed E-state index contributed by atoms with van der Waals surface area (Å²) in [6.07, 6.45) is 2.88. The molecule has 2 aliphatic heterocycles. The predicted octanol–water partition coefficient (Wildman–Crippen LogP) is 1.67. The summed E-state index contributed by atoms with van der Waals surface area (Å²) in [5, 5.41) is 3.05. The number of carbonyl (C=O) groups excluding carboxylic acids is 2. The van der Waals surface area contributed by atoms with E-state index in [0.29, 0.717) is 26.3 Å². The molecule has 1 N–H and O–H groups in total. The van der Waals surface area contributed by atoms with Gasteiger partial charge in [0.25, 0.3) is 11.8 Å².